The van der Waals surface area contributed by atoms with Gasteiger partial charge < -0.3 is 0 Å². The lowest BCUT2D eigenvalue weighted by atomic mass is 9.78. The molecule has 0 N–H and O–H groups in total. The van der Waals surface area contributed by atoms with Crippen molar-refractivity contribution in [2.24, 2.45) is 11.8 Å². The molecule has 0 saturated heterocycles. The van der Waals surface area contributed by atoms with Crippen LogP contribution in [0.3, 0.4) is 0 Å². The first kappa shape index (κ1) is 10.7. The highest BCUT2D eigenvalue weighted by atomic mass is 16.1. The molecule has 2 atom stereocenters. The fraction of sp³-hybridized carbons (Fsp3) is 0.909. The Morgan fingerprint density at radius 2 is 1.92 bits per heavy atom. The van der Waals surface area contributed by atoms with Crippen LogP contribution in [0.2, 0.25) is 0 Å². The van der Waals surface area contributed by atoms with Crippen molar-refractivity contribution in [1.29, 1.82) is 0 Å². The molecule has 0 aromatic carbocycles. The summed E-state index contributed by atoms with van der Waals surface area (Å²) in [6, 6.07) is 0.182. The largest absolute Gasteiger partial charge is 0.300 e. The molecule has 0 aromatic heterocycles. The molecule has 1 aliphatic carbocycles. The monoisotopic (exact) mass is 183 g/mol. The first-order valence-corrected chi connectivity index (χ1v) is 5.24. The van der Waals surface area contributed by atoms with Gasteiger partial charge in [-0.1, -0.05) is 20.3 Å². The van der Waals surface area contributed by atoms with Crippen LogP contribution in [0, 0.1) is 11.8 Å². The van der Waals surface area contributed by atoms with Gasteiger partial charge in [0.15, 0.2) is 5.78 Å². The number of hydrogen-bond acceptors (Lipinski definition) is 2. The Bertz CT molecular complexity index is 169. The van der Waals surface area contributed by atoms with Crippen molar-refractivity contribution in [2.75, 3.05) is 14.1 Å². The third-order valence-electron chi connectivity index (χ3n) is 3.11. The summed E-state index contributed by atoms with van der Waals surface area (Å²) in [5.41, 5.74) is 0. The van der Waals surface area contributed by atoms with Crippen LogP contribution < -0.4 is 0 Å². The molecule has 0 heterocycles. The first-order valence-electron chi connectivity index (χ1n) is 5.24. The summed E-state index contributed by atoms with van der Waals surface area (Å²) in [4.78, 5) is 14.0. The Hall–Kier alpha value is -0.370. The second-order valence-electron chi connectivity index (χ2n) is 4.66. The number of Topliss-reactive ketones (excluding diaryl/α,β-unsaturated/α-hetero) is 1. The fourth-order valence-corrected chi connectivity index (χ4v) is 2.24. The second-order valence-corrected chi connectivity index (χ2v) is 4.66. The zero-order chi connectivity index (χ0) is 10.0. The predicted octanol–water partition coefficient (Wildman–Crippen LogP) is 1.94. The average molecular weight is 183 g/mol. The quantitative estimate of drug-likeness (QED) is 0.652. The van der Waals surface area contributed by atoms with Gasteiger partial charge in [0, 0.05) is 5.92 Å². The Morgan fingerprint density at radius 3 is 2.38 bits per heavy atom. The van der Waals surface area contributed by atoms with Crippen molar-refractivity contribution >= 4 is 5.78 Å². The first-order chi connectivity index (χ1) is 6.04. The summed E-state index contributed by atoms with van der Waals surface area (Å²) in [7, 11) is 4.01. The van der Waals surface area contributed by atoms with Crippen LogP contribution in [0.5, 0.6) is 0 Å². The number of carbonyl (C=O) groups excluding carboxylic acids is 1. The maximum absolute atomic E-state index is 12.0. The van der Waals surface area contributed by atoms with Crippen LogP contribution in [0.15, 0.2) is 0 Å². The van der Waals surface area contributed by atoms with Crippen molar-refractivity contribution in [3.8, 4) is 0 Å². The van der Waals surface area contributed by atoms with Gasteiger partial charge in [0.25, 0.3) is 0 Å². The van der Waals surface area contributed by atoms with Crippen LogP contribution in [0.1, 0.15) is 33.1 Å². The summed E-state index contributed by atoms with van der Waals surface area (Å²) in [5, 5.41) is 0. The van der Waals surface area contributed by atoms with Gasteiger partial charge in [-0.15, -0.1) is 0 Å². The smallest absolute Gasteiger partial charge is 0.153 e. The van der Waals surface area contributed by atoms with Crippen LogP contribution in [0.4, 0.5) is 0 Å². The van der Waals surface area contributed by atoms with Crippen LogP contribution >= 0.6 is 0 Å². The van der Waals surface area contributed by atoms with Gasteiger partial charge in [-0.3, -0.25) is 9.69 Å². The van der Waals surface area contributed by atoms with E-state index in [4.69, 9.17) is 0 Å². The van der Waals surface area contributed by atoms with Gasteiger partial charge in [0.2, 0.25) is 0 Å². The lowest BCUT2D eigenvalue weighted by molar-refractivity contribution is -0.131. The molecule has 2 nitrogen and oxygen atoms in total. The van der Waals surface area contributed by atoms with Crippen LogP contribution in [-0.2, 0) is 4.79 Å². The average Bonchev–Trinajstić information content (AvgIpc) is 2.03. The van der Waals surface area contributed by atoms with E-state index in [9.17, 15) is 4.79 Å². The second kappa shape index (κ2) is 4.23. The molecular formula is C11H21NO. The van der Waals surface area contributed by atoms with E-state index >= 15 is 0 Å². The molecule has 0 amide bonds. The maximum Gasteiger partial charge on any atom is 0.153 e. The molecule has 0 radical (unpaired) electrons. The zero-order valence-corrected chi connectivity index (χ0v) is 9.21. The molecule has 0 aliphatic heterocycles. The molecular weight excluding hydrogens is 162 g/mol. The number of likely N-dealkylation sites (N-methyl/N-ethyl adjacent to an activating group) is 1. The molecule has 0 bridgehead atoms. The van der Waals surface area contributed by atoms with E-state index in [1.54, 1.807) is 0 Å². The summed E-state index contributed by atoms with van der Waals surface area (Å²) < 4.78 is 0. The van der Waals surface area contributed by atoms with Crippen molar-refractivity contribution in [1.82, 2.24) is 4.90 Å². The van der Waals surface area contributed by atoms with Gasteiger partial charge in [-0.2, -0.15) is 0 Å². The van der Waals surface area contributed by atoms with E-state index in [1.165, 1.54) is 6.42 Å². The Balaban J connectivity index is 2.66. The maximum atomic E-state index is 12.0. The van der Waals surface area contributed by atoms with Crippen LogP contribution in [-0.4, -0.2) is 30.8 Å². The summed E-state index contributed by atoms with van der Waals surface area (Å²) in [6.07, 6.45) is 3.35. The van der Waals surface area contributed by atoms with E-state index in [2.05, 4.69) is 18.7 Å². The number of rotatable bonds is 2. The molecule has 13 heavy (non-hydrogen) atoms. The normalized spacial score (nSPS) is 30.2. The standard InChI is InChI=1S/C11H21NO/c1-8(2)9-6-5-7-10(11(9)13)12(3)4/h8-10H,5-7H2,1-4H3. The highest BCUT2D eigenvalue weighted by Gasteiger charge is 2.33. The van der Waals surface area contributed by atoms with E-state index < -0.39 is 0 Å². The molecule has 0 aromatic rings. The van der Waals surface area contributed by atoms with E-state index in [1.807, 2.05) is 14.1 Å². The minimum Gasteiger partial charge on any atom is -0.300 e. The van der Waals surface area contributed by atoms with Gasteiger partial charge in [0.05, 0.1) is 6.04 Å². The Labute approximate surface area is 81.3 Å². The number of carbonyl (C=O) groups is 1. The molecule has 0 spiro atoms. The Morgan fingerprint density at radius 1 is 1.31 bits per heavy atom. The van der Waals surface area contributed by atoms with Crippen molar-refractivity contribution in [2.45, 2.75) is 39.2 Å². The molecule has 1 rings (SSSR count). The van der Waals surface area contributed by atoms with Crippen molar-refractivity contribution in [3.63, 3.8) is 0 Å². The van der Waals surface area contributed by atoms with E-state index in [0.717, 1.165) is 12.8 Å². The van der Waals surface area contributed by atoms with Gasteiger partial charge in [-0.25, -0.2) is 0 Å². The summed E-state index contributed by atoms with van der Waals surface area (Å²) in [6.45, 7) is 4.31. The summed E-state index contributed by atoms with van der Waals surface area (Å²) in [5.74, 6) is 1.28. The molecule has 2 heteroatoms. The minimum absolute atomic E-state index is 0.182. The van der Waals surface area contributed by atoms with Gasteiger partial charge in [-0.05, 0) is 32.9 Å². The van der Waals surface area contributed by atoms with Crippen molar-refractivity contribution in [3.05, 3.63) is 0 Å². The summed E-state index contributed by atoms with van der Waals surface area (Å²) >= 11 is 0. The number of ketones is 1. The highest BCUT2D eigenvalue weighted by Crippen LogP contribution is 2.28. The van der Waals surface area contributed by atoms with E-state index in [-0.39, 0.29) is 6.04 Å². The van der Waals surface area contributed by atoms with Gasteiger partial charge >= 0.3 is 0 Å². The predicted molar refractivity (Wildman–Crippen MR) is 54.7 cm³/mol. The third kappa shape index (κ3) is 2.31. The fourth-order valence-electron chi connectivity index (χ4n) is 2.24. The molecule has 76 valence electrons. The third-order valence-corrected chi connectivity index (χ3v) is 3.11. The lowest BCUT2D eigenvalue weighted by Gasteiger charge is -2.33. The van der Waals surface area contributed by atoms with E-state index in [0.29, 0.717) is 17.6 Å². The minimum atomic E-state index is 0.182. The molecule has 1 fully saturated rings. The Kier molecular flexibility index (Phi) is 3.48. The lowest BCUT2D eigenvalue weighted by Crippen LogP contribution is -2.43. The highest BCUT2D eigenvalue weighted by molar-refractivity contribution is 5.87. The van der Waals surface area contributed by atoms with Gasteiger partial charge in [0.1, 0.15) is 0 Å². The number of nitrogens with zero attached hydrogens (tertiary/aromatic N) is 1. The topological polar surface area (TPSA) is 20.3 Å². The van der Waals surface area contributed by atoms with Crippen molar-refractivity contribution < 1.29 is 4.79 Å². The molecule has 2 unspecified atom stereocenters. The number of hydrogen-bond donors (Lipinski definition) is 0. The molecule has 1 saturated carbocycles. The van der Waals surface area contributed by atoms with Crippen LogP contribution in [0.25, 0.3) is 0 Å². The molecule has 1 aliphatic rings. The SMILES string of the molecule is CC(C)C1CCCC(N(C)C)C1=O. The zero-order valence-electron chi connectivity index (χ0n) is 9.21.